The van der Waals surface area contributed by atoms with Crippen LogP contribution in [0.1, 0.15) is 124 Å². The Labute approximate surface area is 425 Å². The van der Waals surface area contributed by atoms with E-state index in [4.69, 9.17) is 19.0 Å². The van der Waals surface area contributed by atoms with Crippen LogP contribution in [0.15, 0.2) is 66.2 Å². The minimum Gasteiger partial charge on any atom is -0.379 e. The van der Waals surface area contributed by atoms with Crippen LogP contribution in [0.2, 0.25) is 0 Å². The summed E-state index contributed by atoms with van der Waals surface area (Å²) < 4.78 is 18.1. The quantitative estimate of drug-likeness (QED) is 0.0471. The standard InChI is InChI=1S/C55H79N5O10S/c1-12-37(6)50(47(67-10)34-48(63)59-25-18-23-44(59)51(68-11)38(7)45(61)32-40(52-56-24-30-71-52)31-39-19-14-13-15-20-39)58(9)53(64)43(35(2)3)33-46(62)49(36(4)5)57(8)26-27-69-28-29-70-60-54(65)41-21-16-17-22-42(41)55(60)66/h13-17,19-22,24,30,35-38,40,43-44,47,49-51H,12,18,23,25-29,31-34H2,1-11H3/t37-,38-,40+,43-,44-,47+,49-,50-,51+/m0/s1. The Morgan fingerprint density at radius 3 is 2.06 bits per heavy atom. The minimum atomic E-state index is -0.638. The number of ether oxygens (including phenoxy) is 3. The van der Waals surface area contributed by atoms with Crippen molar-refractivity contribution < 1.29 is 47.8 Å². The maximum atomic E-state index is 14.7. The van der Waals surface area contributed by atoms with Gasteiger partial charge in [0.15, 0.2) is 5.78 Å². The molecule has 0 spiro atoms. The molecule has 1 aromatic heterocycles. The Morgan fingerprint density at radius 1 is 0.817 bits per heavy atom. The van der Waals surface area contributed by atoms with Gasteiger partial charge in [-0.05, 0) is 61.8 Å². The highest BCUT2D eigenvalue weighted by Gasteiger charge is 2.44. The first kappa shape index (κ1) is 57.2. The average molecular weight is 1000 g/mol. The normalized spacial score (nSPS) is 18.4. The van der Waals surface area contributed by atoms with E-state index in [1.165, 1.54) is 0 Å². The summed E-state index contributed by atoms with van der Waals surface area (Å²) in [6.07, 6.45) is 3.90. The van der Waals surface area contributed by atoms with E-state index in [9.17, 15) is 28.8 Å². The fourth-order valence-electron chi connectivity index (χ4n) is 10.6. The van der Waals surface area contributed by atoms with Gasteiger partial charge in [0.05, 0.1) is 72.7 Å². The van der Waals surface area contributed by atoms with E-state index in [0.717, 1.165) is 28.5 Å². The zero-order valence-corrected chi connectivity index (χ0v) is 44.7. The van der Waals surface area contributed by atoms with Crippen LogP contribution in [0.3, 0.4) is 0 Å². The fourth-order valence-corrected chi connectivity index (χ4v) is 11.3. The highest BCUT2D eigenvalue weighted by Crippen LogP contribution is 2.34. The number of Topliss-reactive ketones (excluding diaryl/α,β-unsaturated/α-hetero) is 2. The monoisotopic (exact) mass is 1000 g/mol. The molecule has 3 heterocycles. The number of amides is 4. The zero-order valence-electron chi connectivity index (χ0n) is 43.9. The predicted molar refractivity (Wildman–Crippen MR) is 274 cm³/mol. The van der Waals surface area contributed by atoms with Crippen LogP contribution < -0.4 is 0 Å². The third kappa shape index (κ3) is 14.5. The number of imide groups is 1. The zero-order chi connectivity index (χ0) is 51.9. The summed E-state index contributed by atoms with van der Waals surface area (Å²) in [5.74, 6) is -2.71. The number of hydrogen-bond acceptors (Lipinski definition) is 13. The number of ketones is 2. The van der Waals surface area contributed by atoms with Gasteiger partial charge in [-0.1, -0.05) is 97.4 Å². The van der Waals surface area contributed by atoms with Gasteiger partial charge in [0.25, 0.3) is 11.8 Å². The van der Waals surface area contributed by atoms with Gasteiger partial charge in [-0.25, -0.2) is 4.98 Å². The topological polar surface area (TPSA) is 165 Å². The van der Waals surface area contributed by atoms with E-state index in [1.807, 2.05) is 75.0 Å². The Hall–Kier alpha value is -4.71. The molecule has 0 N–H and O–H groups in total. The van der Waals surface area contributed by atoms with Gasteiger partial charge in [0.2, 0.25) is 11.8 Å². The third-order valence-electron chi connectivity index (χ3n) is 14.7. The first-order valence-corrected chi connectivity index (χ1v) is 26.3. The molecule has 4 amide bonds. The van der Waals surface area contributed by atoms with Crippen molar-refractivity contribution in [1.82, 2.24) is 24.7 Å². The first-order chi connectivity index (χ1) is 33.9. The molecule has 16 heteroatoms. The number of likely N-dealkylation sites (tertiary alicyclic amines) is 1. The van der Waals surface area contributed by atoms with E-state index in [-0.39, 0.29) is 85.8 Å². The van der Waals surface area contributed by atoms with Crippen molar-refractivity contribution in [3.8, 4) is 0 Å². The minimum absolute atomic E-state index is 0.0105. The lowest BCUT2D eigenvalue weighted by atomic mass is 9.83. The Kier molecular flexibility index (Phi) is 22.1. The molecule has 0 saturated carbocycles. The predicted octanol–water partition coefficient (Wildman–Crippen LogP) is 7.78. The van der Waals surface area contributed by atoms with Crippen LogP contribution in [0, 0.1) is 29.6 Å². The van der Waals surface area contributed by atoms with Crippen molar-refractivity contribution >= 4 is 46.5 Å². The third-order valence-corrected chi connectivity index (χ3v) is 15.6. The van der Waals surface area contributed by atoms with Crippen LogP contribution in [0.5, 0.6) is 0 Å². The number of nitrogens with zero attached hydrogens (tertiary/aromatic N) is 5. The largest absolute Gasteiger partial charge is 0.379 e. The highest BCUT2D eigenvalue weighted by molar-refractivity contribution is 7.09. The molecule has 0 radical (unpaired) electrons. The lowest BCUT2D eigenvalue weighted by Crippen LogP contribution is -2.54. The Bertz CT molecular complexity index is 2170. The maximum Gasteiger partial charge on any atom is 0.285 e. The summed E-state index contributed by atoms with van der Waals surface area (Å²) >= 11 is 1.56. The molecule has 15 nitrogen and oxygen atoms in total. The van der Waals surface area contributed by atoms with Crippen molar-refractivity contribution in [1.29, 1.82) is 0 Å². The molecule has 71 heavy (non-hydrogen) atoms. The molecule has 3 aromatic rings. The Morgan fingerprint density at radius 2 is 1.48 bits per heavy atom. The molecule has 0 aliphatic carbocycles. The van der Waals surface area contributed by atoms with Gasteiger partial charge in [-0.15, -0.1) is 16.4 Å². The molecule has 2 aromatic carbocycles. The second-order valence-electron chi connectivity index (χ2n) is 20.1. The molecular formula is C55H79N5O10S. The molecule has 1 fully saturated rings. The van der Waals surface area contributed by atoms with Crippen molar-refractivity contribution in [3.05, 3.63) is 87.9 Å². The van der Waals surface area contributed by atoms with Gasteiger partial charge in [0.1, 0.15) is 5.78 Å². The number of carbonyl (C=O) groups is 6. The summed E-state index contributed by atoms with van der Waals surface area (Å²) in [4.78, 5) is 98.5. The maximum absolute atomic E-state index is 14.7. The molecule has 0 bridgehead atoms. The van der Waals surface area contributed by atoms with Gasteiger partial charge < -0.3 is 24.0 Å². The number of hydrogen-bond donors (Lipinski definition) is 0. The summed E-state index contributed by atoms with van der Waals surface area (Å²) in [7, 11) is 6.83. The van der Waals surface area contributed by atoms with Crippen molar-refractivity contribution in [2.45, 2.75) is 130 Å². The van der Waals surface area contributed by atoms with E-state index >= 15 is 0 Å². The molecule has 2 aliphatic rings. The Balaban J connectivity index is 1.19. The van der Waals surface area contributed by atoms with Gasteiger partial charge in [-0.2, -0.15) is 0 Å². The molecular weight excluding hydrogens is 923 g/mol. The van der Waals surface area contributed by atoms with E-state index in [2.05, 4.69) is 31.0 Å². The molecule has 0 unspecified atom stereocenters. The van der Waals surface area contributed by atoms with E-state index < -0.39 is 47.9 Å². The van der Waals surface area contributed by atoms with Crippen LogP contribution in [0.25, 0.3) is 0 Å². The number of likely N-dealkylation sites (N-methyl/N-ethyl adjacent to an activating group) is 2. The van der Waals surface area contributed by atoms with E-state index in [1.54, 1.807) is 68.0 Å². The summed E-state index contributed by atoms with van der Waals surface area (Å²) in [6, 6.07) is 15.4. The van der Waals surface area contributed by atoms with Gasteiger partial charge >= 0.3 is 0 Å². The van der Waals surface area contributed by atoms with Crippen LogP contribution in [-0.4, -0.2) is 152 Å². The fraction of sp³-hybridized carbons (Fsp3) is 0.618. The lowest BCUT2D eigenvalue weighted by molar-refractivity contribution is -0.149. The van der Waals surface area contributed by atoms with Crippen LogP contribution in [-0.2, 0) is 44.6 Å². The van der Waals surface area contributed by atoms with E-state index in [0.29, 0.717) is 43.5 Å². The second kappa shape index (κ2) is 27.4. The molecule has 2 aliphatic heterocycles. The van der Waals surface area contributed by atoms with Crippen molar-refractivity contribution in [3.63, 3.8) is 0 Å². The molecule has 1 saturated heterocycles. The number of rotatable bonds is 30. The average Bonchev–Trinajstić information content (AvgIpc) is 4.13. The summed E-state index contributed by atoms with van der Waals surface area (Å²) in [5, 5.41) is 3.63. The number of aromatic nitrogens is 1. The van der Waals surface area contributed by atoms with Crippen LogP contribution in [0.4, 0.5) is 0 Å². The second-order valence-corrected chi connectivity index (χ2v) is 21.0. The smallest absolute Gasteiger partial charge is 0.285 e. The van der Waals surface area contributed by atoms with Crippen LogP contribution >= 0.6 is 11.3 Å². The SMILES string of the molecule is CC[C@H](C)[C@@H]([C@@H](CC(=O)N1CCC[C@H]1[C@H](OC)[C@@H](C)C(=O)C[C@@H](Cc1ccccc1)c1nccs1)OC)N(C)C(=O)[C@@H](CC(=O)[C@H](C(C)C)N(C)CCOCCON1C(=O)c2ccccc2C1=O)C(C)C. The molecule has 5 rings (SSSR count). The lowest BCUT2D eigenvalue weighted by Gasteiger charge is -2.41. The number of benzene rings is 2. The number of thiazole rings is 1. The van der Waals surface area contributed by atoms with Gasteiger partial charge in [0, 0.05) is 76.5 Å². The number of fused-ring (bicyclic) bond motifs is 1. The number of carbonyl (C=O) groups excluding carboxylic acids is 6. The summed E-state index contributed by atoms with van der Waals surface area (Å²) in [5.41, 5.74) is 1.74. The van der Waals surface area contributed by atoms with Gasteiger partial charge in [-0.3, -0.25) is 38.5 Å². The summed E-state index contributed by atoms with van der Waals surface area (Å²) in [6.45, 7) is 15.2. The number of hydroxylamine groups is 2. The first-order valence-electron chi connectivity index (χ1n) is 25.4. The van der Waals surface area contributed by atoms with Crippen molar-refractivity contribution in [2.24, 2.45) is 29.6 Å². The highest BCUT2D eigenvalue weighted by atomic mass is 32.1. The molecule has 9 atom stereocenters. The number of methoxy groups -OCH3 is 2. The molecule has 390 valence electrons. The van der Waals surface area contributed by atoms with Crippen molar-refractivity contribution in [2.75, 3.05) is 61.2 Å².